The molecule has 10 nitrogen and oxygen atoms in total. The quantitative estimate of drug-likeness (QED) is 0.0348. The Labute approximate surface area is 342 Å². The second kappa shape index (κ2) is 39.6. The zero-order valence-electron chi connectivity index (χ0n) is 36.5. The summed E-state index contributed by atoms with van der Waals surface area (Å²) in [4.78, 5) is 52.8. The van der Waals surface area contributed by atoms with Crippen molar-refractivity contribution in [3.63, 3.8) is 0 Å². The maximum atomic E-state index is 13.4. The number of hydrogen-bond acceptors (Lipinski definition) is 10. The van der Waals surface area contributed by atoms with Crippen LogP contribution in [0, 0.1) is 0 Å². The minimum absolute atomic E-state index is 0.0783. The summed E-state index contributed by atoms with van der Waals surface area (Å²) in [6.07, 6.45) is 22.7. The van der Waals surface area contributed by atoms with Gasteiger partial charge in [-0.15, -0.1) is 0 Å². The fourth-order valence-corrected chi connectivity index (χ4v) is 6.82. The molecule has 0 aromatic carbocycles. The highest BCUT2D eigenvalue weighted by molar-refractivity contribution is 5.72. The van der Waals surface area contributed by atoms with E-state index < -0.39 is 61.5 Å². The van der Waals surface area contributed by atoms with E-state index in [0.717, 1.165) is 116 Å². The fourth-order valence-electron chi connectivity index (χ4n) is 6.82. The van der Waals surface area contributed by atoms with E-state index in [1.807, 2.05) is 0 Å². The van der Waals surface area contributed by atoms with Crippen molar-refractivity contribution in [1.82, 2.24) is 0 Å². The van der Waals surface area contributed by atoms with Gasteiger partial charge in [0.15, 0.2) is 18.3 Å². The van der Waals surface area contributed by atoms with Crippen LogP contribution in [0.25, 0.3) is 0 Å². The molecule has 0 aliphatic heterocycles. The summed E-state index contributed by atoms with van der Waals surface area (Å²) in [6, 6.07) is 0. The van der Waals surface area contributed by atoms with E-state index in [0.29, 0.717) is 25.7 Å². The van der Waals surface area contributed by atoms with Crippen LogP contribution in [0.4, 0.5) is 0 Å². The van der Waals surface area contributed by atoms with Gasteiger partial charge in [0, 0.05) is 25.7 Å². The van der Waals surface area contributed by atoms with Crippen LogP contribution >= 0.6 is 0 Å². The number of carbonyl (C=O) groups excluding carboxylic acids is 4. The minimum Gasteiger partial charge on any atom is -0.462 e. The summed E-state index contributed by atoms with van der Waals surface area (Å²) in [5.74, 6) is -2.26. The van der Waals surface area contributed by atoms with E-state index in [4.69, 9.17) is 18.9 Å². The molecule has 0 radical (unpaired) electrons. The van der Waals surface area contributed by atoms with Crippen molar-refractivity contribution < 1.29 is 48.3 Å². The Kier molecular flexibility index (Phi) is 38.1. The molecular formula is C46H86O10. The lowest BCUT2D eigenvalue weighted by Crippen LogP contribution is -2.53. The molecular weight excluding hydrogens is 712 g/mol. The Hall–Kier alpha value is -2.20. The van der Waals surface area contributed by atoms with Crippen molar-refractivity contribution in [1.29, 1.82) is 0 Å². The van der Waals surface area contributed by atoms with Crippen LogP contribution in [-0.4, -0.2) is 71.7 Å². The van der Waals surface area contributed by atoms with Crippen LogP contribution in [0.1, 0.15) is 233 Å². The highest BCUT2D eigenvalue weighted by Crippen LogP contribution is 2.22. The molecule has 0 aliphatic rings. The lowest BCUT2D eigenvalue weighted by atomic mass is 10.0. The zero-order valence-corrected chi connectivity index (χ0v) is 36.5. The molecule has 4 atom stereocenters. The molecule has 0 aromatic heterocycles. The Balaban J connectivity index is 6.00. The highest BCUT2D eigenvalue weighted by atomic mass is 16.6. The van der Waals surface area contributed by atoms with Gasteiger partial charge in [0.05, 0.1) is 6.61 Å². The summed E-state index contributed by atoms with van der Waals surface area (Å²) in [5.41, 5.74) is 0. The summed E-state index contributed by atoms with van der Waals surface area (Å²) < 4.78 is 23.2. The van der Waals surface area contributed by atoms with E-state index in [9.17, 15) is 29.4 Å². The number of aliphatic hydroxyl groups is 2. The Morgan fingerprint density at radius 3 is 1.02 bits per heavy atom. The maximum absolute atomic E-state index is 13.4. The largest absolute Gasteiger partial charge is 0.462 e. The summed E-state index contributed by atoms with van der Waals surface area (Å²) in [5, 5.41) is 21.1. The summed E-state index contributed by atoms with van der Waals surface area (Å²) in [7, 11) is 0. The third kappa shape index (κ3) is 31.8. The van der Waals surface area contributed by atoms with Crippen molar-refractivity contribution in [2.24, 2.45) is 0 Å². The van der Waals surface area contributed by atoms with Gasteiger partial charge in [0.25, 0.3) is 0 Å². The summed E-state index contributed by atoms with van der Waals surface area (Å²) >= 11 is 0. The van der Waals surface area contributed by atoms with Crippen LogP contribution in [0.2, 0.25) is 0 Å². The highest BCUT2D eigenvalue weighted by Gasteiger charge is 2.42. The number of esters is 4. The smallest absolute Gasteiger partial charge is 0.306 e. The first-order valence-corrected chi connectivity index (χ1v) is 23.3. The molecule has 10 heteroatoms. The molecule has 0 heterocycles. The van der Waals surface area contributed by atoms with Gasteiger partial charge in [0.2, 0.25) is 0 Å². The lowest BCUT2D eigenvalue weighted by molar-refractivity contribution is -0.202. The molecule has 0 aromatic rings. The van der Waals surface area contributed by atoms with Crippen LogP contribution in [0.15, 0.2) is 0 Å². The topological polar surface area (TPSA) is 146 Å². The summed E-state index contributed by atoms with van der Waals surface area (Å²) in [6.45, 7) is 7.43. The molecule has 0 spiro atoms. The van der Waals surface area contributed by atoms with Gasteiger partial charge in [-0.05, 0) is 25.7 Å². The third-order valence-electron chi connectivity index (χ3n) is 10.4. The predicted molar refractivity (Wildman–Crippen MR) is 224 cm³/mol. The number of rotatable bonds is 41. The van der Waals surface area contributed by atoms with E-state index in [-0.39, 0.29) is 25.7 Å². The average Bonchev–Trinajstić information content (AvgIpc) is 3.19. The monoisotopic (exact) mass is 799 g/mol. The second-order valence-corrected chi connectivity index (χ2v) is 15.9. The van der Waals surface area contributed by atoms with E-state index >= 15 is 0 Å². The SMILES string of the molecule is CCCCCCCCCC(=O)OC[C@H](OC(=O)CCCCCCCCC)[C@@H](OC(=O)CCCCCCCCC)[C@H](OC(=O)CCCCCCCCC)[C@H](O)CO. The minimum atomic E-state index is -1.64. The van der Waals surface area contributed by atoms with E-state index in [2.05, 4.69) is 27.7 Å². The molecule has 0 saturated heterocycles. The first-order valence-electron chi connectivity index (χ1n) is 23.3. The molecule has 2 N–H and O–H groups in total. The molecule has 56 heavy (non-hydrogen) atoms. The number of unbranched alkanes of at least 4 members (excludes halogenated alkanes) is 24. The predicted octanol–water partition coefficient (Wildman–Crippen LogP) is 11.2. The number of aliphatic hydroxyl groups excluding tert-OH is 2. The van der Waals surface area contributed by atoms with Crippen LogP contribution in [0.3, 0.4) is 0 Å². The molecule has 0 fully saturated rings. The fraction of sp³-hybridized carbons (Fsp3) is 0.913. The Bertz CT molecular complexity index is 941. The van der Waals surface area contributed by atoms with Crippen molar-refractivity contribution in [2.75, 3.05) is 13.2 Å². The van der Waals surface area contributed by atoms with Gasteiger partial charge in [-0.25, -0.2) is 0 Å². The van der Waals surface area contributed by atoms with Gasteiger partial charge in [-0.2, -0.15) is 0 Å². The molecule has 0 bridgehead atoms. The molecule has 0 amide bonds. The Morgan fingerprint density at radius 1 is 0.393 bits per heavy atom. The van der Waals surface area contributed by atoms with E-state index in [1.165, 1.54) is 38.5 Å². The van der Waals surface area contributed by atoms with Crippen LogP contribution in [-0.2, 0) is 38.1 Å². The molecule has 0 unspecified atom stereocenters. The number of carbonyl (C=O) groups is 4. The second-order valence-electron chi connectivity index (χ2n) is 15.9. The Morgan fingerprint density at radius 2 is 0.679 bits per heavy atom. The molecule has 0 saturated carbocycles. The van der Waals surface area contributed by atoms with Crippen molar-refractivity contribution >= 4 is 23.9 Å². The van der Waals surface area contributed by atoms with Gasteiger partial charge >= 0.3 is 23.9 Å². The van der Waals surface area contributed by atoms with Crippen molar-refractivity contribution in [2.45, 2.75) is 258 Å². The third-order valence-corrected chi connectivity index (χ3v) is 10.4. The van der Waals surface area contributed by atoms with Gasteiger partial charge in [-0.3, -0.25) is 19.2 Å². The van der Waals surface area contributed by atoms with Gasteiger partial charge in [0.1, 0.15) is 12.7 Å². The normalized spacial score (nSPS) is 13.5. The standard InChI is InChI=1S/C46H86O10/c1-5-9-13-17-21-25-29-33-41(49)53-38-40(54-42(50)34-30-26-22-18-14-10-6-2)46(56-44(52)36-32-28-24-20-16-12-8-4)45(39(48)37-47)55-43(51)35-31-27-23-19-15-11-7-3/h39-40,45-48H,5-38H2,1-4H3/t39-,40+,45-,46-/m1/s1. The van der Waals surface area contributed by atoms with Gasteiger partial charge < -0.3 is 29.2 Å². The molecule has 0 rings (SSSR count). The maximum Gasteiger partial charge on any atom is 0.306 e. The number of ether oxygens (including phenoxy) is 4. The lowest BCUT2D eigenvalue weighted by Gasteiger charge is -2.34. The first-order chi connectivity index (χ1) is 27.2. The van der Waals surface area contributed by atoms with Crippen LogP contribution in [0.5, 0.6) is 0 Å². The first kappa shape index (κ1) is 53.8. The van der Waals surface area contributed by atoms with Crippen molar-refractivity contribution in [3.8, 4) is 0 Å². The van der Waals surface area contributed by atoms with Crippen LogP contribution < -0.4 is 0 Å². The zero-order chi connectivity index (χ0) is 41.5. The van der Waals surface area contributed by atoms with Crippen molar-refractivity contribution in [3.05, 3.63) is 0 Å². The van der Waals surface area contributed by atoms with E-state index in [1.54, 1.807) is 0 Å². The average molecular weight is 799 g/mol. The molecule has 330 valence electrons. The number of hydrogen-bond donors (Lipinski definition) is 2. The van der Waals surface area contributed by atoms with Gasteiger partial charge in [-0.1, -0.05) is 182 Å². The molecule has 0 aliphatic carbocycles.